The van der Waals surface area contributed by atoms with Crippen LogP contribution in [0.1, 0.15) is 11.4 Å². The third-order valence-corrected chi connectivity index (χ3v) is 1.34. The van der Waals surface area contributed by atoms with Crippen molar-refractivity contribution in [2.24, 2.45) is 0 Å². The van der Waals surface area contributed by atoms with Crippen LogP contribution in [0.2, 0.25) is 0 Å². The Morgan fingerprint density at radius 2 is 2.27 bits per heavy atom. The summed E-state index contributed by atoms with van der Waals surface area (Å²) < 4.78 is 0. The van der Waals surface area contributed by atoms with Crippen LogP contribution in [-0.4, -0.2) is 15.3 Å². The summed E-state index contributed by atoms with van der Waals surface area (Å²) in [6.07, 6.45) is 0. The Bertz CT molecular complexity index is 250. The first-order chi connectivity index (χ1) is 5.24. The van der Waals surface area contributed by atoms with Crippen molar-refractivity contribution in [3.8, 4) is 5.75 Å². The molecule has 0 amide bonds. The van der Waals surface area contributed by atoms with Crippen LogP contribution in [0.25, 0.3) is 0 Å². The molecule has 60 valence electrons. The molecule has 0 saturated heterocycles. The quantitative estimate of drug-likeness (QED) is 0.545. The standard InChI is InChI=1S/C7H10N2O2/c1-5-2-3-7(10)6(9-5)4-8-11/h2-3,8,10-11H,4H2,1H3. The van der Waals surface area contributed by atoms with Gasteiger partial charge in [-0.3, -0.25) is 4.98 Å². The van der Waals surface area contributed by atoms with Crippen molar-refractivity contribution in [1.82, 2.24) is 10.5 Å². The summed E-state index contributed by atoms with van der Waals surface area (Å²) in [6.45, 7) is 1.98. The average molecular weight is 154 g/mol. The molecule has 0 radical (unpaired) electrons. The summed E-state index contributed by atoms with van der Waals surface area (Å²) in [7, 11) is 0. The molecule has 0 unspecified atom stereocenters. The highest BCUT2D eigenvalue weighted by Gasteiger charge is 2.00. The lowest BCUT2D eigenvalue weighted by Gasteiger charge is -2.02. The molecule has 0 fully saturated rings. The fourth-order valence-electron chi connectivity index (χ4n) is 0.808. The molecule has 0 aliphatic carbocycles. The normalized spacial score (nSPS) is 10.0. The van der Waals surface area contributed by atoms with Gasteiger partial charge in [0.15, 0.2) is 0 Å². The minimum absolute atomic E-state index is 0.0946. The molecule has 0 bridgehead atoms. The van der Waals surface area contributed by atoms with Crippen LogP contribution in [0.15, 0.2) is 12.1 Å². The highest BCUT2D eigenvalue weighted by atomic mass is 16.5. The number of aromatic nitrogens is 1. The number of hydrogen-bond acceptors (Lipinski definition) is 4. The van der Waals surface area contributed by atoms with Crippen LogP contribution < -0.4 is 5.48 Å². The largest absolute Gasteiger partial charge is 0.506 e. The molecule has 4 nitrogen and oxygen atoms in total. The van der Waals surface area contributed by atoms with Crippen molar-refractivity contribution in [3.05, 3.63) is 23.5 Å². The van der Waals surface area contributed by atoms with Crippen molar-refractivity contribution in [2.75, 3.05) is 0 Å². The first-order valence-electron chi connectivity index (χ1n) is 3.26. The molecule has 1 aromatic heterocycles. The van der Waals surface area contributed by atoms with E-state index in [1.807, 2.05) is 12.4 Å². The number of pyridine rings is 1. The van der Waals surface area contributed by atoms with Gasteiger partial charge in [0.25, 0.3) is 0 Å². The summed E-state index contributed by atoms with van der Waals surface area (Å²) in [4.78, 5) is 3.99. The predicted octanol–water partition coefficient (Wildman–Crippen LogP) is 0.574. The molecule has 11 heavy (non-hydrogen) atoms. The molecule has 4 heteroatoms. The van der Waals surface area contributed by atoms with E-state index in [0.29, 0.717) is 5.69 Å². The first kappa shape index (κ1) is 7.97. The molecule has 0 aromatic carbocycles. The number of rotatable bonds is 2. The molecule has 3 N–H and O–H groups in total. The van der Waals surface area contributed by atoms with Gasteiger partial charge in [-0.15, -0.1) is 0 Å². The van der Waals surface area contributed by atoms with Crippen LogP contribution >= 0.6 is 0 Å². The van der Waals surface area contributed by atoms with Crippen LogP contribution in [0, 0.1) is 6.92 Å². The smallest absolute Gasteiger partial charge is 0.138 e. The van der Waals surface area contributed by atoms with E-state index in [1.165, 1.54) is 0 Å². The molecule has 0 atom stereocenters. The Morgan fingerprint density at radius 3 is 2.91 bits per heavy atom. The van der Waals surface area contributed by atoms with E-state index in [1.54, 1.807) is 12.1 Å². The molecule has 0 spiro atoms. The molecule has 0 aliphatic heterocycles. The van der Waals surface area contributed by atoms with Crippen molar-refractivity contribution in [3.63, 3.8) is 0 Å². The number of hydroxylamine groups is 1. The monoisotopic (exact) mass is 154 g/mol. The van der Waals surface area contributed by atoms with Crippen molar-refractivity contribution in [2.45, 2.75) is 13.5 Å². The van der Waals surface area contributed by atoms with Gasteiger partial charge in [0, 0.05) is 5.69 Å². The Hall–Kier alpha value is -1.13. The number of hydrogen-bond donors (Lipinski definition) is 3. The molecular formula is C7H10N2O2. The average Bonchev–Trinajstić information content (AvgIpc) is 1.98. The number of nitrogens with zero attached hydrogens (tertiary/aromatic N) is 1. The van der Waals surface area contributed by atoms with Gasteiger partial charge in [-0.05, 0) is 19.1 Å². The first-order valence-corrected chi connectivity index (χ1v) is 3.26. The summed E-state index contributed by atoms with van der Waals surface area (Å²) in [5.74, 6) is 0.0946. The van der Waals surface area contributed by atoms with Crippen LogP contribution in [0.3, 0.4) is 0 Å². The lowest BCUT2D eigenvalue weighted by Crippen LogP contribution is -2.08. The van der Waals surface area contributed by atoms with E-state index in [4.69, 9.17) is 10.3 Å². The second-order valence-corrected chi connectivity index (χ2v) is 2.25. The highest BCUT2D eigenvalue weighted by Crippen LogP contribution is 2.13. The maximum atomic E-state index is 9.15. The van der Waals surface area contributed by atoms with E-state index in [9.17, 15) is 0 Å². The second kappa shape index (κ2) is 3.32. The third kappa shape index (κ3) is 1.89. The van der Waals surface area contributed by atoms with Crippen LogP contribution in [0.4, 0.5) is 0 Å². The maximum absolute atomic E-state index is 9.15. The fourth-order valence-corrected chi connectivity index (χ4v) is 0.808. The highest BCUT2D eigenvalue weighted by molar-refractivity contribution is 5.27. The Morgan fingerprint density at radius 1 is 1.55 bits per heavy atom. The summed E-state index contributed by atoms with van der Waals surface area (Å²) in [5.41, 5.74) is 3.19. The fraction of sp³-hybridized carbons (Fsp3) is 0.286. The van der Waals surface area contributed by atoms with Gasteiger partial charge < -0.3 is 10.3 Å². The van der Waals surface area contributed by atoms with E-state index in [0.717, 1.165) is 5.69 Å². The molecule has 0 aliphatic rings. The summed E-state index contributed by atoms with van der Waals surface area (Å²) in [6, 6.07) is 3.26. The molecular weight excluding hydrogens is 144 g/mol. The second-order valence-electron chi connectivity index (χ2n) is 2.25. The zero-order valence-electron chi connectivity index (χ0n) is 6.20. The lowest BCUT2D eigenvalue weighted by atomic mass is 10.3. The topological polar surface area (TPSA) is 65.4 Å². The van der Waals surface area contributed by atoms with Gasteiger partial charge in [0.2, 0.25) is 0 Å². The van der Waals surface area contributed by atoms with Crippen molar-refractivity contribution < 1.29 is 10.3 Å². The minimum atomic E-state index is 0.0946. The summed E-state index contributed by atoms with van der Waals surface area (Å²) >= 11 is 0. The van der Waals surface area contributed by atoms with Gasteiger partial charge >= 0.3 is 0 Å². The molecule has 1 heterocycles. The predicted molar refractivity (Wildman–Crippen MR) is 39.3 cm³/mol. The zero-order chi connectivity index (χ0) is 8.27. The maximum Gasteiger partial charge on any atom is 0.138 e. The van der Waals surface area contributed by atoms with E-state index >= 15 is 0 Å². The molecule has 1 rings (SSSR count). The summed E-state index contributed by atoms with van der Waals surface area (Å²) in [5, 5.41) is 17.5. The van der Waals surface area contributed by atoms with Gasteiger partial charge in [-0.25, -0.2) is 0 Å². The third-order valence-electron chi connectivity index (χ3n) is 1.34. The Labute approximate surface area is 64.5 Å². The van der Waals surface area contributed by atoms with Crippen molar-refractivity contribution in [1.29, 1.82) is 0 Å². The van der Waals surface area contributed by atoms with Crippen LogP contribution in [0.5, 0.6) is 5.75 Å². The van der Waals surface area contributed by atoms with Crippen LogP contribution in [-0.2, 0) is 6.54 Å². The Kier molecular flexibility index (Phi) is 2.40. The number of aromatic hydroxyl groups is 1. The number of aryl methyl sites for hydroxylation is 1. The number of nitrogens with one attached hydrogen (secondary N) is 1. The zero-order valence-corrected chi connectivity index (χ0v) is 6.20. The van der Waals surface area contributed by atoms with Gasteiger partial charge in [0.1, 0.15) is 5.75 Å². The van der Waals surface area contributed by atoms with Gasteiger partial charge in [-0.1, -0.05) is 0 Å². The van der Waals surface area contributed by atoms with E-state index in [2.05, 4.69) is 4.98 Å². The van der Waals surface area contributed by atoms with E-state index < -0.39 is 0 Å². The minimum Gasteiger partial charge on any atom is -0.506 e. The molecule has 0 saturated carbocycles. The van der Waals surface area contributed by atoms with E-state index in [-0.39, 0.29) is 12.3 Å². The lowest BCUT2D eigenvalue weighted by molar-refractivity contribution is 0.158. The molecule has 1 aromatic rings. The Balaban J connectivity index is 2.93. The SMILES string of the molecule is Cc1ccc(O)c(CNO)n1. The van der Waals surface area contributed by atoms with Crippen molar-refractivity contribution >= 4 is 0 Å². The van der Waals surface area contributed by atoms with Gasteiger partial charge in [0.05, 0.1) is 12.2 Å². The van der Waals surface area contributed by atoms with Gasteiger partial charge in [-0.2, -0.15) is 5.48 Å².